The van der Waals surface area contributed by atoms with Crippen molar-refractivity contribution in [1.29, 1.82) is 5.26 Å². The van der Waals surface area contributed by atoms with Crippen molar-refractivity contribution in [1.82, 2.24) is 9.88 Å². The normalized spacial score (nSPS) is 13.0. The number of nitrogens with one attached hydrogen (secondary N) is 1. The molecule has 0 aromatic carbocycles. The lowest BCUT2D eigenvalue weighted by Gasteiger charge is -2.21. The van der Waals surface area contributed by atoms with Crippen LogP contribution in [-0.4, -0.2) is 30.0 Å². The summed E-state index contributed by atoms with van der Waals surface area (Å²) in [6.45, 7) is 6.07. The van der Waals surface area contributed by atoms with Crippen LogP contribution in [0.25, 0.3) is 0 Å². The van der Waals surface area contributed by atoms with Gasteiger partial charge in [0, 0.05) is 25.5 Å². The van der Waals surface area contributed by atoms with Crippen LogP contribution >= 0.6 is 0 Å². The Kier molecular flexibility index (Phi) is 5.07. The fourth-order valence-electron chi connectivity index (χ4n) is 1.66. The molecule has 0 radical (unpaired) electrons. The predicted octanol–water partition coefficient (Wildman–Crippen LogP) is 2.28. The maximum absolute atomic E-state index is 9.02. The summed E-state index contributed by atoms with van der Waals surface area (Å²) in [5.74, 6) is 0.566. The highest BCUT2D eigenvalue weighted by Gasteiger charge is 2.14. The minimum Gasteiger partial charge on any atom is -0.367 e. The molecule has 0 saturated carbocycles. The van der Waals surface area contributed by atoms with E-state index in [9.17, 15) is 0 Å². The van der Waals surface area contributed by atoms with Crippen LogP contribution < -0.4 is 0 Å². The molecule has 0 aliphatic carbocycles. The van der Waals surface area contributed by atoms with Crippen molar-refractivity contribution in [3.05, 3.63) is 24.0 Å². The van der Waals surface area contributed by atoms with Gasteiger partial charge in [0.05, 0.1) is 12.0 Å². The minimum absolute atomic E-state index is 0.135. The third kappa shape index (κ3) is 4.08. The van der Waals surface area contributed by atoms with Gasteiger partial charge in [0.25, 0.3) is 0 Å². The summed E-state index contributed by atoms with van der Waals surface area (Å²) < 4.78 is 0. The fraction of sp³-hybridized carbons (Fsp3) is 0.615. The summed E-state index contributed by atoms with van der Waals surface area (Å²) in [6, 6.07) is 4.47. The maximum Gasteiger partial charge on any atom is 0.0671 e. The number of likely N-dealkylation sites (N-methyl/N-ethyl adjacent to an activating group) is 1. The van der Waals surface area contributed by atoms with Crippen LogP contribution in [0.2, 0.25) is 0 Å². The lowest BCUT2D eigenvalue weighted by atomic mass is 9.97. The fourth-order valence-corrected chi connectivity index (χ4v) is 1.66. The van der Waals surface area contributed by atoms with E-state index in [4.69, 9.17) is 5.26 Å². The highest BCUT2D eigenvalue weighted by atomic mass is 15.1. The van der Waals surface area contributed by atoms with Gasteiger partial charge in [0.2, 0.25) is 0 Å². The van der Waals surface area contributed by atoms with Gasteiger partial charge < -0.3 is 9.88 Å². The molecule has 0 aliphatic rings. The standard InChI is InChI=1S/C13H21N3/c1-11(2)13(8-14)10-16(3)7-5-12-4-6-15-9-12/h4,6,9,11,13,15H,5,7,10H2,1-3H3. The Morgan fingerprint density at radius 3 is 2.75 bits per heavy atom. The van der Waals surface area contributed by atoms with Gasteiger partial charge >= 0.3 is 0 Å². The molecule has 1 aromatic rings. The zero-order chi connectivity index (χ0) is 12.0. The van der Waals surface area contributed by atoms with Crippen LogP contribution in [0.15, 0.2) is 18.5 Å². The molecular weight excluding hydrogens is 198 g/mol. The van der Waals surface area contributed by atoms with Gasteiger partial charge in [-0.15, -0.1) is 0 Å². The second-order valence-corrected chi connectivity index (χ2v) is 4.71. The molecular formula is C13H21N3. The molecule has 0 spiro atoms. The van der Waals surface area contributed by atoms with Crippen molar-refractivity contribution in [2.75, 3.05) is 20.1 Å². The number of nitrogens with zero attached hydrogens (tertiary/aromatic N) is 2. The Bertz CT molecular complexity index is 321. The Morgan fingerprint density at radius 2 is 2.25 bits per heavy atom. The Hall–Kier alpha value is -1.27. The van der Waals surface area contributed by atoms with E-state index in [-0.39, 0.29) is 5.92 Å². The summed E-state index contributed by atoms with van der Waals surface area (Å²) in [5.41, 5.74) is 1.32. The molecule has 3 nitrogen and oxygen atoms in total. The van der Waals surface area contributed by atoms with Gasteiger partial charge in [0.15, 0.2) is 0 Å². The van der Waals surface area contributed by atoms with E-state index in [1.54, 1.807) is 0 Å². The quantitative estimate of drug-likeness (QED) is 0.797. The van der Waals surface area contributed by atoms with Crippen molar-refractivity contribution in [2.45, 2.75) is 20.3 Å². The summed E-state index contributed by atoms with van der Waals surface area (Å²) in [4.78, 5) is 5.29. The molecule has 0 saturated heterocycles. The van der Waals surface area contributed by atoms with Gasteiger partial charge in [-0.25, -0.2) is 0 Å². The molecule has 1 rings (SSSR count). The number of hydrogen-bond donors (Lipinski definition) is 1. The number of aromatic nitrogens is 1. The van der Waals surface area contributed by atoms with Gasteiger partial charge in [0.1, 0.15) is 0 Å². The highest BCUT2D eigenvalue weighted by Crippen LogP contribution is 2.11. The van der Waals surface area contributed by atoms with Gasteiger partial charge in [-0.2, -0.15) is 5.26 Å². The molecule has 16 heavy (non-hydrogen) atoms. The van der Waals surface area contributed by atoms with Crippen molar-refractivity contribution in [3.8, 4) is 6.07 Å². The van der Waals surface area contributed by atoms with Crippen LogP contribution in [0.5, 0.6) is 0 Å². The first-order valence-corrected chi connectivity index (χ1v) is 5.83. The van der Waals surface area contributed by atoms with Gasteiger partial charge in [-0.3, -0.25) is 0 Å². The van der Waals surface area contributed by atoms with Crippen LogP contribution in [0, 0.1) is 23.2 Å². The monoisotopic (exact) mass is 219 g/mol. The van der Waals surface area contributed by atoms with E-state index in [2.05, 4.69) is 42.9 Å². The Balaban J connectivity index is 2.30. The number of rotatable bonds is 6. The molecule has 1 atom stereocenters. The third-order valence-electron chi connectivity index (χ3n) is 2.92. The molecule has 88 valence electrons. The summed E-state index contributed by atoms with van der Waals surface area (Å²) >= 11 is 0. The molecule has 0 bridgehead atoms. The molecule has 0 fully saturated rings. The van der Waals surface area contributed by atoms with E-state index in [0.29, 0.717) is 5.92 Å². The first kappa shape index (κ1) is 12.8. The van der Waals surface area contributed by atoms with E-state index < -0.39 is 0 Å². The average Bonchev–Trinajstić information content (AvgIpc) is 2.75. The molecule has 1 aromatic heterocycles. The van der Waals surface area contributed by atoms with Crippen LogP contribution in [-0.2, 0) is 6.42 Å². The van der Waals surface area contributed by atoms with Crippen molar-refractivity contribution in [3.63, 3.8) is 0 Å². The van der Waals surface area contributed by atoms with Crippen molar-refractivity contribution in [2.24, 2.45) is 11.8 Å². The molecule has 1 N–H and O–H groups in total. The summed E-state index contributed by atoms with van der Waals surface area (Å²) in [5, 5.41) is 9.02. The molecule has 1 heterocycles. The Labute approximate surface area is 98.1 Å². The maximum atomic E-state index is 9.02. The number of nitriles is 1. The van der Waals surface area contributed by atoms with Crippen molar-refractivity contribution >= 4 is 0 Å². The molecule has 3 heteroatoms. The van der Waals surface area contributed by atoms with Gasteiger partial charge in [-0.1, -0.05) is 13.8 Å². The Morgan fingerprint density at radius 1 is 1.50 bits per heavy atom. The van der Waals surface area contributed by atoms with Crippen LogP contribution in [0.4, 0.5) is 0 Å². The van der Waals surface area contributed by atoms with Gasteiger partial charge in [-0.05, 0) is 31.0 Å². The number of H-pyrrole nitrogens is 1. The summed E-state index contributed by atoms with van der Waals surface area (Å²) in [6.07, 6.45) is 5.01. The van der Waals surface area contributed by atoms with E-state index in [1.165, 1.54) is 5.56 Å². The lowest BCUT2D eigenvalue weighted by molar-refractivity contribution is 0.275. The zero-order valence-electron chi connectivity index (χ0n) is 10.4. The third-order valence-corrected chi connectivity index (χ3v) is 2.92. The molecule has 0 aliphatic heterocycles. The summed E-state index contributed by atoms with van der Waals surface area (Å²) in [7, 11) is 2.08. The second-order valence-electron chi connectivity index (χ2n) is 4.71. The van der Waals surface area contributed by atoms with Crippen LogP contribution in [0.3, 0.4) is 0 Å². The second kappa shape index (κ2) is 6.34. The van der Waals surface area contributed by atoms with Crippen molar-refractivity contribution < 1.29 is 0 Å². The number of aromatic amines is 1. The van der Waals surface area contributed by atoms with E-state index >= 15 is 0 Å². The smallest absolute Gasteiger partial charge is 0.0671 e. The first-order chi connectivity index (χ1) is 7.63. The van der Waals surface area contributed by atoms with Crippen LogP contribution in [0.1, 0.15) is 19.4 Å². The van der Waals surface area contributed by atoms with E-state index in [1.807, 2.05) is 12.4 Å². The molecule has 1 unspecified atom stereocenters. The molecule has 0 amide bonds. The first-order valence-electron chi connectivity index (χ1n) is 5.83. The zero-order valence-corrected chi connectivity index (χ0v) is 10.4. The predicted molar refractivity (Wildman–Crippen MR) is 65.9 cm³/mol. The SMILES string of the molecule is CC(C)C(C#N)CN(C)CCc1cc[nH]c1. The number of hydrogen-bond acceptors (Lipinski definition) is 2. The van der Waals surface area contributed by atoms with E-state index in [0.717, 1.165) is 19.5 Å². The highest BCUT2D eigenvalue weighted by molar-refractivity contribution is 5.08. The minimum atomic E-state index is 0.135. The average molecular weight is 219 g/mol. The lowest BCUT2D eigenvalue weighted by Crippen LogP contribution is -2.29. The topological polar surface area (TPSA) is 42.8 Å². The largest absolute Gasteiger partial charge is 0.367 e.